The zero-order chi connectivity index (χ0) is 15.4. The summed E-state index contributed by atoms with van der Waals surface area (Å²) in [6, 6.07) is 4.05. The number of pyridine rings is 1. The van der Waals surface area contributed by atoms with Crippen LogP contribution in [-0.4, -0.2) is 29.3 Å². The molecule has 0 unspecified atom stereocenters. The van der Waals surface area contributed by atoms with E-state index < -0.39 is 0 Å². The van der Waals surface area contributed by atoms with Crippen molar-refractivity contribution in [3.05, 3.63) is 24.1 Å². The number of morpholine rings is 1. The van der Waals surface area contributed by atoms with Crippen molar-refractivity contribution in [1.29, 1.82) is 0 Å². The Morgan fingerprint density at radius 3 is 2.73 bits per heavy atom. The molecule has 4 heteroatoms. The van der Waals surface area contributed by atoms with E-state index in [1.54, 1.807) is 0 Å². The lowest BCUT2D eigenvalue weighted by molar-refractivity contribution is -0.148. The Bertz CT molecular complexity index is 698. The van der Waals surface area contributed by atoms with E-state index in [1.165, 1.54) is 12.8 Å². The monoisotopic (exact) mass is 300 g/mol. The largest absolute Gasteiger partial charge is 0.461 e. The van der Waals surface area contributed by atoms with Gasteiger partial charge in [0.25, 0.3) is 0 Å². The average molecular weight is 300 g/mol. The van der Waals surface area contributed by atoms with Crippen molar-refractivity contribution in [3.63, 3.8) is 0 Å². The molecule has 0 N–H and O–H groups in total. The fraction of sp³-hybridized carbons (Fsp3) is 0.611. The molecule has 22 heavy (non-hydrogen) atoms. The molecule has 1 spiro atoms. The summed E-state index contributed by atoms with van der Waals surface area (Å²) >= 11 is 0. The van der Waals surface area contributed by atoms with Gasteiger partial charge in [0.1, 0.15) is 17.2 Å². The third kappa shape index (κ3) is 2.30. The molecule has 2 aromatic rings. The minimum atomic E-state index is -0.148. The lowest BCUT2D eigenvalue weighted by atomic mass is 9.94. The summed E-state index contributed by atoms with van der Waals surface area (Å²) in [7, 11) is 0. The second-order valence-electron chi connectivity index (χ2n) is 7.51. The fourth-order valence-electron chi connectivity index (χ4n) is 4.27. The highest BCUT2D eigenvalue weighted by atomic mass is 16.5. The third-order valence-corrected chi connectivity index (χ3v) is 4.91. The number of ether oxygens (including phenoxy) is 1. The summed E-state index contributed by atoms with van der Waals surface area (Å²) in [5.41, 5.74) is 0.780. The van der Waals surface area contributed by atoms with Gasteiger partial charge in [-0.15, -0.1) is 0 Å². The molecule has 1 aliphatic heterocycles. The predicted octanol–water partition coefficient (Wildman–Crippen LogP) is 4.06. The second kappa shape index (κ2) is 4.72. The molecule has 0 aromatic carbocycles. The van der Waals surface area contributed by atoms with Crippen molar-refractivity contribution in [3.8, 4) is 0 Å². The van der Waals surface area contributed by atoms with E-state index in [4.69, 9.17) is 9.15 Å². The van der Waals surface area contributed by atoms with Crippen LogP contribution in [0.4, 0.5) is 5.82 Å². The number of furan rings is 1. The number of fused-ring (bicyclic) bond motifs is 1. The first-order valence-corrected chi connectivity index (χ1v) is 8.27. The quantitative estimate of drug-likeness (QED) is 0.796. The van der Waals surface area contributed by atoms with Crippen LogP contribution in [0, 0.1) is 6.92 Å². The van der Waals surface area contributed by atoms with Crippen LogP contribution in [0.25, 0.3) is 11.0 Å². The molecule has 1 saturated heterocycles. The Labute approximate surface area is 131 Å². The van der Waals surface area contributed by atoms with Gasteiger partial charge in [-0.05, 0) is 45.7 Å². The van der Waals surface area contributed by atoms with Gasteiger partial charge in [-0.25, -0.2) is 4.98 Å². The van der Waals surface area contributed by atoms with E-state index >= 15 is 0 Å². The van der Waals surface area contributed by atoms with E-state index in [0.717, 1.165) is 48.5 Å². The first-order chi connectivity index (χ1) is 10.5. The van der Waals surface area contributed by atoms with Crippen LogP contribution in [0.5, 0.6) is 0 Å². The highest BCUT2D eigenvalue weighted by molar-refractivity contribution is 5.89. The van der Waals surface area contributed by atoms with Crippen LogP contribution >= 0.6 is 0 Å². The lowest BCUT2D eigenvalue weighted by Crippen LogP contribution is -2.59. The maximum atomic E-state index is 6.50. The zero-order valence-corrected chi connectivity index (χ0v) is 13.7. The molecular formula is C18H24N2O2. The van der Waals surface area contributed by atoms with Crippen molar-refractivity contribution in [2.75, 3.05) is 18.0 Å². The van der Waals surface area contributed by atoms with Crippen molar-refractivity contribution in [1.82, 2.24) is 4.98 Å². The van der Waals surface area contributed by atoms with Crippen LogP contribution in [0.15, 0.2) is 22.7 Å². The van der Waals surface area contributed by atoms with Crippen LogP contribution in [0.2, 0.25) is 0 Å². The topological polar surface area (TPSA) is 38.5 Å². The highest BCUT2D eigenvalue weighted by Crippen LogP contribution is 2.42. The minimum absolute atomic E-state index is 0.00434. The number of aryl methyl sites for hydroxylation is 1. The summed E-state index contributed by atoms with van der Waals surface area (Å²) in [5, 5.41) is 1.12. The maximum absolute atomic E-state index is 6.50. The van der Waals surface area contributed by atoms with E-state index in [1.807, 2.05) is 19.2 Å². The molecule has 118 valence electrons. The third-order valence-electron chi connectivity index (χ3n) is 4.91. The molecule has 2 aromatic heterocycles. The molecule has 2 fully saturated rings. The Morgan fingerprint density at radius 1 is 1.18 bits per heavy atom. The van der Waals surface area contributed by atoms with Crippen LogP contribution in [0.1, 0.15) is 45.3 Å². The maximum Gasteiger partial charge on any atom is 0.139 e. The number of hydrogen-bond donors (Lipinski definition) is 0. The van der Waals surface area contributed by atoms with Gasteiger partial charge in [-0.1, -0.05) is 12.8 Å². The summed E-state index contributed by atoms with van der Waals surface area (Å²) in [6.07, 6.45) is 6.71. The van der Waals surface area contributed by atoms with Gasteiger partial charge in [0, 0.05) is 19.3 Å². The average Bonchev–Trinajstić information content (AvgIpc) is 3.01. The van der Waals surface area contributed by atoms with Crippen molar-refractivity contribution >= 4 is 16.8 Å². The van der Waals surface area contributed by atoms with E-state index in [-0.39, 0.29) is 11.2 Å². The molecule has 0 atom stereocenters. The number of rotatable bonds is 1. The number of hydrogen-bond acceptors (Lipinski definition) is 4. The molecule has 0 bridgehead atoms. The lowest BCUT2D eigenvalue weighted by Gasteiger charge is -2.49. The first-order valence-electron chi connectivity index (χ1n) is 8.27. The van der Waals surface area contributed by atoms with Gasteiger partial charge < -0.3 is 14.1 Å². The van der Waals surface area contributed by atoms with Crippen molar-refractivity contribution < 1.29 is 9.15 Å². The van der Waals surface area contributed by atoms with E-state index in [2.05, 4.69) is 29.8 Å². The van der Waals surface area contributed by atoms with E-state index in [0.29, 0.717) is 0 Å². The van der Waals surface area contributed by atoms with Gasteiger partial charge in [-0.3, -0.25) is 0 Å². The second-order valence-corrected chi connectivity index (χ2v) is 7.51. The first kappa shape index (κ1) is 14.1. The van der Waals surface area contributed by atoms with Gasteiger partial charge in [0.15, 0.2) is 0 Å². The SMILES string of the molecule is Cc1cc2c(N3CC(C)(C)OC4(CCCC4)C3)nccc2o1. The predicted molar refractivity (Wildman–Crippen MR) is 87.3 cm³/mol. The molecule has 2 aliphatic rings. The zero-order valence-electron chi connectivity index (χ0n) is 13.7. The Balaban J connectivity index is 1.76. The van der Waals surface area contributed by atoms with Gasteiger partial charge >= 0.3 is 0 Å². The normalized spacial score (nSPS) is 23.5. The van der Waals surface area contributed by atoms with Crippen LogP contribution < -0.4 is 4.90 Å². The highest BCUT2D eigenvalue weighted by Gasteiger charge is 2.46. The smallest absolute Gasteiger partial charge is 0.139 e. The molecule has 0 amide bonds. The van der Waals surface area contributed by atoms with Gasteiger partial charge in [-0.2, -0.15) is 0 Å². The number of aromatic nitrogens is 1. The molecule has 4 nitrogen and oxygen atoms in total. The number of nitrogens with zero attached hydrogens (tertiary/aromatic N) is 2. The summed E-state index contributed by atoms with van der Waals surface area (Å²) in [6.45, 7) is 8.18. The minimum Gasteiger partial charge on any atom is -0.461 e. The van der Waals surface area contributed by atoms with Crippen molar-refractivity contribution in [2.45, 2.75) is 57.7 Å². The van der Waals surface area contributed by atoms with Gasteiger partial charge in [0.2, 0.25) is 0 Å². The standard InChI is InChI=1S/C18H24N2O2/c1-13-10-14-15(21-13)6-9-19-16(14)20-11-17(2,3)22-18(12-20)7-4-5-8-18/h6,9-10H,4-5,7-8,11-12H2,1-3H3. The molecule has 1 aliphatic carbocycles. The van der Waals surface area contributed by atoms with Crippen LogP contribution in [0.3, 0.4) is 0 Å². The van der Waals surface area contributed by atoms with E-state index in [9.17, 15) is 0 Å². The fourth-order valence-corrected chi connectivity index (χ4v) is 4.27. The molecule has 0 radical (unpaired) electrons. The summed E-state index contributed by atoms with van der Waals surface area (Å²) in [4.78, 5) is 7.08. The molecular weight excluding hydrogens is 276 g/mol. The Morgan fingerprint density at radius 2 is 1.95 bits per heavy atom. The Kier molecular flexibility index (Phi) is 3.02. The summed E-state index contributed by atoms with van der Waals surface area (Å²) < 4.78 is 12.3. The molecule has 3 heterocycles. The summed E-state index contributed by atoms with van der Waals surface area (Å²) in [5.74, 6) is 1.98. The van der Waals surface area contributed by atoms with Crippen LogP contribution in [-0.2, 0) is 4.74 Å². The van der Waals surface area contributed by atoms with Gasteiger partial charge in [0.05, 0.1) is 16.6 Å². The Hall–Kier alpha value is -1.55. The number of anilines is 1. The molecule has 1 saturated carbocycles. The van der Waals surface area contributed by atoms with Crippen molar-refractivity contribution in [2.24, 2.45) is 0 Å². The molecule has 4 rings (SSSR count).